The van der Waals surface area contributed by atoms with Gasteiger partial charge in [-0.1, -0.05) is 12.1 Å². The van der Waals surface area contributed by atoms with Gasteiger partial charge in [0.15, 0.2) is 6.61 Å². The van der Waals surface area contributed by atoms with Crippen LogP contribution in [0.5, 0.6) is 11.5 Å². The zero-order valence-corrected chi connectivity index (χ0v) is 14.2. The molecule has 0 aliphatic carbocycles. The summed E-state index contributed by atoms with van der Waals surface area (Å²) >= 11 is 0. The first-order valence-corrected chi connectivity index (χ1v) is 8.30. The van der Waals surface area contributed by atoms with E-state index in [0.29, 0.717) is 23.1 Å². The summed E-state index contributed by atoms with van der Waals surface area (Å²) in [7, 11) is 0. The molecule has 8 nitrogen and oxygen atoms in total. The Bertz CT molecular complexity index is 954. The summed E-state index contributed by atoms with van der Waals surface area (Å²) in [4.78, 5) is 25.8. The van der Waals surface area contributed by atoms with Crippen molar-refractivity contribution in [3.63, 3.8) is 0 Å². The van der Waals surface area contributed by atoms with E-state index in [2.05, 4.69) is 10.2 Å². The maximum absolute atomic E-state index is 12.2. The second-order valence-corrected chi connectivity index (χ2v) is 5.79. The van der Waals surface area contributed by atoms with Gasteiger partial charge in [0, 0.05) is 12.1 Å². The topological polar surface area (TPSA) is 94.8 Å². The molecule has 0 atom stereocenters. The minimum Gasteiger partial charge on any atom is -0.482 e. The van der Waals surface area contributed by atoms with Gasteiger partial charge < -0.3 is 18.8 Å². The van der Waals surface area contributed by atoms with Crippen molar-refractivity contribution in [2.45, 2.75) is 6.42 Å². The van der Waals surface area contributed by atoms with Gasteiger partial charge in [0.25, 0.3) is 5.91 Å². The zero-order chi connectivity index (χ0) is 18.6. The molecule has 4 rings (SSSR count). The second-order valence-electron chi connectivity index (χ2n) is 5.79. The lowest BCUT2D eigenvalue weighted by atomic mass is 10.2. The van der Waals surface area contributed by atoms with Crippen molar-refractivity contribution >= 4 is 17.6 Å². The van der Waals surface area contributed by atoms with Crippen LogP contribution in [-0.4, -0.2) is 35.2 Å². The predicted octanol–water partition coefficient (Wildman–Crippen LogP) is 2.46. The first-order valence-electron chi connectivity index (χ1n) is 8.30. The third-order valence-electron chi connectivity index (χ3n) is 4.04. The predicted molar refractivity (Wildman–Crippen MR) is 94.3 cm³/mol. The van der Waals surface area contributed by atoms with Crippen molar-refractivity contribution in [2.75, 3.05) is 18.1 Å². The van der Waals surface area contributed by atoms with E-state index < -0.39 is 5.97 Å². The van der Waals surface area contributed by atoms with Gasteiger partial charge in [-0.3, -0.25) is 9.59 Å². The molecule has 1 amide bonds. The van der Waals surface area contributed by atoms with Crippen LogP contribution < -0.4 is 14.4 Å². The Morgan fingerprint density at radius 2 is 1.96 bits per heavy atom. The van der Waals surface area contributed by atoms with Crippen molar-refractivity contribution in [1.82, 2.24) is 10.2 Å². The van der Waals surface area contributed by atoms with Gasteiger partial charge >= 0.3 is 5.97 Å². The smallest absolute Gasteiger partial charge is 0.312 e. The fourth-order valence-electron chi connectivity index (χ4n) is 2.75. The number of ether oxygens (including phenoxy) is 2. The summed E-state index contributed by atoms with van der Waals surface area (Å²) < 4.78 is 15.8. The van der Waals surface area contributed by atoms with E-state index in [1.54, 1.807) is 41.3 Å². The fraction of sp³-hybridized carbons (Fsp3) is 0.158. The number of amides is 1. The Kier molecular flexibility index (Phi) is 4.52. The number of benzene rings is 2. The quantitative estimate of drug-likeness (QED) is 0.506. The Balaban J connectivity index is 1.37. The van der Waals surface area contributed by atoms with Crippen molar-refractivity contribution in [1.29, 1.82) is 0 Å². The first-order chi connectivity index (χ1) is 13.2. The molecule has 0 fully saturated rings. The lowest BCUT2D eigenvalue weighted by Crippen LogP contribution is -2.40. The number of aromatic nitrogens is 2. The highest BCUT2D eigenvalue weighted by molar-refractivity contribution is 5.98. The van der Waals surface area contributed by atoms with Crippen molar-refractivity contribution < 1.29 is 23.5 Å². The van der Waals surface area contributed by atoms with Gasteiger partial charge in [-0.05, 0) is 36.4 Å². The molecule has 3 aromatic rings. The molecule has 0 saturated carbocycles. The highest BCUT2D eigenvalue weighted by atomic mass is 16.5. The third kappa shape index (κ3) is 3.64. The minimum atomic E-state index is -0.433. The number of esters is 1. The fourth-order valence-corrected chi connectivity index (χ4v) is 2.75. The van der Waals surface area contributed by atoms with Crippen molar-refractivity contribution in [2.24, 2.45) is 0 Å². The molecule has 0 spiro atoms. The summed E-state index contributed by atoms with van der Waals surface area (Å²) in [6.07, 6.45) is 1.31. The normalized spacial score (nSPS) is 13.0. The van der Waals surface area contributed by atoms with Crippen LogP contribution in [0.15, 0.2) is 59.3 Å². The molecule has 0 radical (unpaired) electrons. The molecule has 27 heavy (non-hydrogen) atoms. The van der Waals surface area contributed by atoms with E-state index in [9.17, 15) is 9.59 Å². The molecule has 1 aromatic heterocycles. The zero-order valence-electron chi connectivity index (χ0n) is 14.2. The highest BCUT2D eigenvalue weighted by Gasteiger charge is 2.25. The van der Waals surface area contributed by atoms with Gasteiger partial charge in [0.2, 0.25) is 12.3 Å². The summed E-state index contributed by atoms with van der Waals surface area (Å²) in [5.41, 5.74) is 1.38. The average molecular weight is 365 g/mol. The van der Waals surface area contributed by atoms with E-state index in [1.807, 2.05) is 12.1 Å². The molecule has 2 heterocycles. The standard InChI is InChI=1S/C19H15N3O5/c23-17-11-25-16-4-2-1-3-15(16)22(17)10-9-18(24)27-14-7-5-13(6-8-14)19-21-20-12-26-19/h1-8,12H,9-11H2. The minimum absolute atomic E-state index is 0.0385. The average Bonchev–Trinajstić information content (AvgIpc) is 3.22. The van der Waals surface area contributed by atoms with Crippen LogP contribution in [0.25, 0.3) is 11.5 Å². The third-order valence-corrected chi connectivity index (χ3v) is 4.04. The lowest BCUT2D eigenvalue weighted by molar-refractivity contribution is -0.134. The molecule has 0 unspecified atom stereocenters. The number of anilines is 1. The van der Waals surface area contributed by atoms with E-state index in [-0.39, 0.29) is 25.5 Å². The Hall–Kier alpha value is -3.68. The molecule has 0 saturated heterocycles. The van der Waals surface area contributed by atoms with Crippen LogP contribution in [0.2, 0.25) is 0 Å². The number of fused-ring (bicyclic) bond motifs is 1. The monoisotopic (exact) mass is 365 g/mol. The molecule has 8 heteroatoms. The SMILES string of the molecule is O=C(CCN1C(=O)COc2ccccc21)Oc1ccc(-c2nnco2)cc1. The maximum Gasteiger partial charge on any atom is 0.312 e. The maximum atomic E-state index is 12.2. The second kappa shape index (κ2) is 7.28. The number of hydrogen-bond acceptors (Lipinski definition) is 7. The molecular formula is C19H15N3O5. The van der Waals surface area contributed by atoms with Gasteiger partial charge in [-0.25, -0.2) is 0 Å². The van der Waals surface area contributed by atoms with Gasteiger partial charge in [0.05, 0.1) is 12.1 Å². The number of carbonyl (C=O) groups is 2. The van der Waals surface area contributed by atoms with E-state index >= 15 is 0 Å². The van der Waals surface area contributed by atoms with Gasteiger partial charge in [-0.2, -0.15) is 0 Å². The van der Waals surface area contributed by atoms with Crippen LogP contribution in [0, 0.1) is 0 Å². The van der Waals surface area contributed by atoms with E-state index in [0.717, 1.165) is 5.56 Å². The van der Waals surface area contributed by atoms with Crippen molar-refractivity contribution in [3.8, 4) is 23.0 Å². The summed E-state index contributed by atoms with van der Waals surface area (Å²) in [5.74, 6) is 0.791. The van der Waals surface area contributed by atoms with Crippen molar-refractivity contribution in [3.05, 3.63) is 54.9 Å². The molecular weight excluding hydrogens is 350 g/mol. The summed E-state index contributed by atoms with van der Waals surface area (Å²) in [6, 6.07) is 14.0. The largest absolute Gasteiger partial charge is 0.482 e. The van der Waals surface area contributed by atoms with Gasteiger partial charge in [0.1, 0.15) is 11.5 Å². The summed E-state index contributed by atoms with van der Waals surface area (Å²) in [5, 5.41) is 7.43. The van der Waals surface area contributed by atoms with Crippen LogP contribution in [0.4, 0.5) is 5.69 Å². The number of nitrogens with zero attached hydrogens (tertiary/aromatic N) is 3. The van der Waals surface area contributed by atoms with Crippen LogP contribution >= 0.6 is 0 Å². The van der Waals surface area contributed by atoms with E-state index in [4.69, 9.17) is 13.9 Å². The number of rotatable bonds is 5. The molecule has 0 N–H and O–H groups in total. The van der Waals surface area contributed by atoms with Crippen LogP contribution in [-0.2, 0) is 9.59 Å². The van der Waals surface area contributed by atoms with Crippen LogP contribution in [0.1, 0.15) is 6.42 Å². The molecule has 1 aliphatic rings. The highest BCUT2D eigenvalue weighted by Crippen LogP contribution is 2.31. The number of hydrogen-bond donors (Lipinski definition) is 0. The number of para-hydroxylation sites is 2. The lowest BCUT2D eigenvalue weighted by Gasteiger charge is -2.28. The first kappa shape index (κ1) is 16.8. The molecule has 2 aromatic carbocycles. The van der Waals surface area contributed by atoms with E-state index in [1.165, 1.54) is 6.39 Å². The Labute approximate surface area is 154 Å². The Morgan fingerprint density at radius 3 is 2.74 bits per heavy atom. The summed E-state index contributed by atoms with van der Waals surface area (Å²) in [6.45, 7) is 0.182. The molecule has 0 bridgehead atoms. The van der Waals surface area contributed by atoms with Gasteiger partial charge in [-0.15, -0.1) is 10.2 Å². The molecule has 1 aliphatic heterocycles. The number of carbonyl (C=O) groups excluding carboxylic acids is 2. The van der Waals surface area contributed by atoms with Crippen LogP contribution in [0.3, 0.4) is 0 Å². The molecule has 136 valence electrons. The Morgan fingerprint density at radius 1 is 1.15 bits per heavy atom.